The summed E-state index contributed by atoms with van der Waals surface area (Å²) in [4.78, 5) is 14.6. The maximum Gasteiger partial charge on any atom is 0.306 e. The molecule has 0 fully saturated rings. The lowest BCUT2D eigenvalue weighted by Gasteiger charge is -2.24. The Hall–Kier alpha value is -3.12. The molecule has 0 bridgehead atoms. The van der Waals surface area contributed by atoms with Crippen molar-refractivity contribution in [3.05, 3.63) is 68.9 Å². The summed E-state index contributed by atoms with van der Waals surface area (Å²) in [6, 6.07) is 12.6. The zero-order valence-electron chi connectivity index (χ0n) is 23.6. The summed E-state index contributed by atoms with van der Waals surface area (Å²) in [5.41, 5.74) is 10.4. The molecule has 11 heteroatoms. The summed E-state index contributed by atoms with van der Waals surface area (Å²) in [5.74, 6) is 5.84. The molecule has 0 spiro atoms. The van der Waals surface area contributed by atoms with Gasteiger partial charge in [0.25, 0.3) is 0 Å². The number of hydrogen-bond acceptors (Lipinski definition) is 9. The molecule has 9 nitrogen and oxygen atoms in total. The largest absolute Gasteiger partial charge is 0.488 e. The minimum absolute atomic E-state index is 0.122. The molecule has 0 saturated carbocycles. The second-order valence-corrected chi connectivity index (χ2v) is 13.1. The number of sulfonamides is 1. The number of ether oxygens (including phenoxy) is 2. The van der Waals surface area contributed by atoms with Crippen LogP contribution < -0.4 is 21.3 Å². The summed E-state index contributed by atoms with van der Waals surface area (Å²) >= 11 is 1.55. The van der Waals surface area contributed by atoms with Gasteiger partial charge in [-0.1, -0.05) is 25.1 Å². The summed E-state index contributed by atoms with van der Waals surface area (Å²) < 4.78 is 40.0. The first-order valence-electron chi connectivity index (χ1n) is 13.3. The molecule has 216 valence electrons. The van der Waals surface area contributed by atoms with Crippen LogP contribution in [0.3, 0.4) is 0 Å². The average Bonchev–Trinajstić information content (AvgIpc) is 3.26. The first kappa shape index (κ1) is 29.9. The first-order chi connectivity index (χ1) is 19.0. The van der Waals surface area contributed by atoms with E-state index in [9.17, 15) is 13.2 Å². The Morgan fingerprint density at radius 1 is 1.23 bits per heavy atom. The fraction of sp³-hybridized carbons (Fsp3) is 0.414. The normalized spacial score (nSPS) is 17.4. The van der Waals surface area contributed by atoms with Crippen molar-refractivity contribution in [3.8, 4) is 5.75 Å². The number of nitrogen functional groups attached to an aromatic ring is 1. The zero-order chi connectivity index (χ0) is 29.2. The van der Waals surface area contributed by atoms with Gasteiger partial charge in [0.2, 0.25) is 10.0 Å². The lowest BCUT2D eigenvalue weighted by Crippen LogP contribution is -2.36. The van der Waals surface area contributed by atoms with Crippen molar-refractivity contribution >= 4 is 38.7 Å². The van der Waals surface area contributed by atoms with E-state index in [0.29, 0.717) is 24.4 Å². The molecule has 0 amide bonds. The van der Waals surface area contributed by atoms with E-state index in [-0.39, 0.29) is 42.4 Å². The number of benzene rings is 2. The number of hydrazine groups is 1. The van der Waals surface area contributed by atoms with Crippen LogP contribution in [-0.2, 0) is 26.1 Å². The van der Waals surface area contributed by atoms with E-state index in [1.165, 1.54) is 11.4 Å². The number of para-hydroxylation sites is 1. The lowest BCUT2D eigenvalue weighted by molar-refractivity contribution is -0.140. The van der Waals surface area contributed by atoms with Gasteiger partial charge in [-0.3, -0.25) is 4.79 Å². The maximum absolute atomic E-state index is 13.7. The molecule has 0 radical (unpaired) electrons. The van der Waals surface area contributed by atoms with Crippen molar-refractivity contribution in [1.82, 2.24) is 4.31 Å². The second-order valence-electron chi connectivity index (χ2n) is 9.95. The molecule has 1 aliphatic heterocycles. The van der Waals surface area contributed by atoms with Crippen molar-refractivity contribution in [1.29, 1.82) is 0 Å². The minimum Gasteiger partial charge on any atom is -0.488 e. The van der Waals surface area contributed by atoms with Crippen LogP contribution in [-0.4, -0.2) is 45.0 Å². The molecule has 3 aromatic rings. The van der Waals surface area contributed by atoms with E-state index in [2.05, 4.69) is 0 Å². The third-order valence-corrected chi connectivity index (χ3v) is 10.6. The van der Waals surface area contributed by atoms with Gasteiger partial charge in [-0.15, -0.1) is 11.3 Å². The van der Waals surface area contributed by atoms with E-state index in [1.54, 1.807) is 40.6 Å². The van der Waals surface area contributed by atoms with E-state index < -0.39 is 10.0 Å². The summed E-state index contributed by atoms with van der Waals surface area (Å²) in [6.07, 6.45) is 0.527. The zero-order valence-corrected chi connectivity index (χ0v) is 25.3. The number of rotatable bonds is 9. The number of aryl methyl sites for hydroxylation is 1. The minimum atomic E-state index is -3.79. The molecular formula is C29H38N4O5S2. The van der Waals surface area contributed by atoms with Crippen LogP contribution in [0.25, 0.3) is 0 Å². The van der Waals surface area contributed by atoms with Gasteiger partial charge in [-0.2, -0.15) is 4.31 Å². The predicted octanol–water partition coefficient (Wildman–Crippen LogP) is 4.70. The Labute approximate surface area is 240 Å². The molecule has 0 aliphatic carbocycles. The van der Waals surface area contributed by atoms with Crippen molar-refractivity contribution in [2.75, 3.05) is 30.9 Å². The van der Waals surface area contributed by atoms with Gasteiger partial charge in [0, 0.05) is 28.8 Å². The Balaban J connectivity index is 1.73. The van der Waals surface area contributed by atoms with E-state index in [0.717, 1.165) is 32.1 Å². The number of anilines is 2. The first-order valence-corrected chi connectivity index (χ1v) is 15.6. The van der Waals surface area contributed by atoms with Crippen LogP contribution in [0.5, 0.6) is 5.75 Å². The summed E-state index contributed by atoms with van der Waals surface area (Å²) in [5, 5.41) is 1.59. The SMILES string of the molecule is CC[C@@H]1CN(Cc2cc(C(CC(=O)OC)c3ccc(N(N)CC)c(N)c3C)sc2C)S(=O)(=O)c2ccccc2O1. The van der Waals surface area contributed by atoms with E-state index in [1.807, 2.05) is 45.9 Å². The highest BCUT2D eigenvalue weighted by Gasteiger charge is 2.35. The van der Waals surface area contributed by atoms with Gasteiger partial charge >= 0.3 is 5.97 Å². The molecule has 1 aliphatic rings. The standard InChI is InChI=1S/C29H38N4O5S2/c1-6-21-17-32(40(35,36)27-11-9-8-10-25(27)38-21)16-20-14-26(39-19(20)4)23(15-28(34)37-5)22-12-13-24(33(31)7-2)29(30)18(22)3/h8-14,21,23H,6-7,15-17,30-31H2,1-5H3/t21-,23?/m1/s1. The Morgan fingerprint density at radius 2 is 1.95 bits per heavy atom. The van der Waals surface area contributed by atoms with Crippen LogP contribution in [0.15, 0.2) is 47.4 Å². The van der Waals surface area contributed by atoms with Crippen molar-refractivity contribution in [3.63, 3.8) is 0 Å². The third-order valence-electron chi connectivity index (χ3n) is 7.51. The number of methoxy groups -OCH3 is 1. The van der Waals surface area contributed by atoms with Crippen molar-refractivity contribution in [2.24, 2.45) is 5.84 Å². The number of carbonyl (C=O) groups excluding carboxylic acids is 1. The Kier molecular flexibility index (Phi) is 9.09. The van der Waals surface area contributed by atoms with Crippen LogP contribution in [0.2, 0.25) is 0 Å². The van der Waals surface area contributed by atoms with Crippen LogP contribution in [0, 0.1) is 13.8 Å². The Bertz CT molecular complexity index is 1490. The van der Waals surface area contributed by atoms with Crippen molar-refractivity contribution in [2.45, 2.75) is 64.0 Å². The van der Waals surface area contributed by atoms with Gasteiger partial charge in [-0.05, 0) is 68.1 Å². The predicted molar refractivity (Wildman–Crippen MR) is 159 cm³/mol. The highest BCUT2D eigenvalue weighted by Crippen LogP contribution is 2.41. The molecule has 40 heavy (non-hydrogen) atoms. The quantitative estimate of drug-likeness (QED) is 0.160. The van der Waals surface area contributed by atoms with E-state index >= 15 is 0 Å². The third kappa shape index (κ3) is 5.83. The molecule has 2 atom stereocenters. The van der Waals surface area contributed by atoms with Crippen LogP contribution in [0.1, 0.15) is 59.1 Å². The summed E-state index contributed by atoms with van der Waals surface area (Å²) in [7, 11) is -2.41. The van der Waals surface area contributed by atoms with Crippen molar-refractivity contribution < 1.29 is 22.7 Å². The number of carbonyl (C=O) groups is 1. The molecular weight excluding hydrogens is 548 g/mol. The Morgan fingerprint density at radius 3 is 2.62 bits per heavy atom. The maximum atomic E-state index is 13.7. The van der Waals surface area contributed by atoms with Gasteiger partial charge in [0.15, 0.2) is 0 Å². The van der Waals surface area contributed by atoms with Gasteiger partial charge in [0.1, 0.15) is 16.7 Å². The highest BCUT2D eigenvalue weighted by atomic mass is 32.2. The second kappa shape index (κ2) is 12.2. The number of fused-ring (bicyclic) bond motifs is 1. The number of nitrogens with zero attached hydrogens (tertiary/aromatic N) is 2. The average molecular weight is 587 g/mol. The van der Waals surface area contributed by atoms with Gasteiger partial charge < -0.3 is 20.2 Å². The fourth-order valence-corrected chi connectivity index (χ4v) is 7.74. The number of thiophene rings is 1. The number of nitrogens with two attached hydrogens (primary N) is 2. The van der Waals surface area contributed by atoms with Crippen LogP contribution in [0.4, 0.5) is 11.4 Å². The molecule has 4 N–H and O–H groups in total. The fourth-order valence-electron chi connectivity index (χ4n) is 5.01. The number of esters is 1. The molecule has 1 aromatic heterocycles. The topological polar surface area (TPSA) is 128 Å². The van der Waals surface area contributed by atoms with E-state index in [4.69, 9.17) is 21.1 Å². The molecule has 4 rings (SSSR count). The molecule has 2 heterocycles. The van der Waals surface area contributed by atoms with Gasteiger partial charge in [0.05, 0.1) is 31.5 Å². The van der Waals surface area contributed by atoms with Crippen LogP contribution >= 0.6 is 11.3 Å². The molecule has 0 saturated heterocycles. The lowest BCUT2D eigenvalue weighted by atomic mass is 9.89. The smallest absolute Gasteiger partial charge is 0.306 e. The molecule has 2 aromatic carbocycles. The number of hydrogen-bond donors (Lipinski definition) is 2. The van der Waals surface area contributed by atoms with Gasteiger partial charge in [-0.25, -0.2) is 14.3 Å². The monoisotopic (exact) mass is 586 g/mol. The summed E-state index contributed by atoms with van der Waals surface area (Å²) in [6.45, 7) is 8.86. The molecule has 1 unspecified atom stereocenters. The highest BCUT2D eigenvalue weighted by molar-refractivity contribution is 7.89.